The Kier molecular flexibility index (Phi) is 4.26. The van der Waals surface area contributed by atoms with Gasteiger partial charge in [0.1, 0.15) is 5.82 Å². The fourth-order valence-corrected chi connectivity index (χ4v) is 3.30. The smallest absolute Gasteiger partial charge is 0.230 e. The predicted molar refractivity (Wildman–Crippen MR) is 75.7 cm³/mol. The van der Waals surface area contributed by atoms with Crippen molar-refractivity contribution < 1.29 is 9.53 Å². The number of hydrogen-bond acceptors (Lipinski definition) is 5. The average molecular weight is 296 g/mol. The fraction of sp³-hybridized carbons (Fsp3) is 0.769. The Morgan fingerprint density at radius 3 is 3.00 bits per heavy atom. The maximum Gasteiger partial charge on any atom is 0.230 e. The first kappa shape index (κ1) is 13.9. The number of rotatable bonds is 6. The lowest BCUT2D eigenvalue weighted by atomic mass is 10.2. The molecule has 0 unspecified atom stereocenters. The molecular weight excluding hydrogens is 276 g/mol. The molecule has 1 N–H and O–H groups in total. The molecule has 7 heteroatoms. The van der Waals surface area contributed by atoms with Gasteiger partial charge >= 0.3 is 0 Å². The van der Waals surface area contributed by atoms with E-state index < -0.39 is 0 Å². The number of nitrogens with one attached hydrogen (secondary N) is 1. The van der Waals surface area contributed by atoms with Crippen LogP contribution in [0.2, 0.25) is 0 Å². The van der Waals surface area contributed by atoms with E-state index in [-0.39, 0.29) is 12.0 Å². The Bertz CT molecular complexity index is 481. The van der Waals surface area contributed by atoms with Crippen LogP contribution in [0.4, 0.5) is 0 Å². The molecule has 2 fully saturated rings. The molecule has 1 saturated carbocycles. The molecule has 1 amide bonds. The number of thioether (sulfide) groups is 1. The Morgan fingerprint density at radius 1 is 1.45 bits per heavy atom. The maximum atomic E-state index is 11.8. The Balaban J connectivity index is 1.45. The first-order valence-electron chi connectivity index (χ1n) is 7.16. The van der Waals surface area contributed by atoms with Crippen LogP contribution in [-0.4, -0.2) is 45.7 Å². The first-order chi connectivity index (χ1) is 9.74. The highest BCUT2D eigenvalue weighted by molar-refractivity contribution is 7.99. The summed E-state index contributed by atoms with van der Waals surface area (Å²) in [5.74, 6) is 1.36. The van der Waals surface area contributed by atoms with Crippen LogP contribution in [0.5, 0.6) is 0 Å². The van der Waals surface area contributed by atoms with Crippen molar-refractivity contribution in [2.24, 2.45) is 0 Å². The summed E-state index contributed by atoms with van der Waals surface area (Å²) in [5, 5.41) is 12.0. The van der Waals surface area contributed by atoms with E-state index in [4.69, 9.17) is 4.74 Å². The summed E-state index contributed by atoms with van der Waals surface area (Å²) in [7, 11) is 0. The number of aryl methyl sites for hydroxylation is 1. The van der Waals surface area contributed by atoms with Crippen molar-refractivity contribution in [3.8, 4) is 0 Å². The zero-order valence-corrected chi connectivity index (χ0v) is 12.5. The van der Waals surface area contributed by atoms with Crippen molar-refractivity contribution in [2.45, 2.75) is 49.9 Å². The van der Waals surface area contributed by atoms with Gasteiger partial charge in [0, 0.05) is 19.2 Å². The summed E-state index contributed by atoms with van der Waals surface area (Å²) in [4.78, 5) is 11.8. The molecule has 1 saturated heterocycles. The number of nitrogens with zero attached hydrogens (tertiary/aromatic N) is 3. The third kappa shape index (κ3) is 3.32. The summed E-state index contributed by atoms with van der Waals surface area (Å²) in [6.45, 7) is 3.40. The molecule has 3 rings (SSSR count). The van der Waals surface area contributed by atoms with E-state index in [2.05, 4.69) is 20.1 Å². The molecule has 6 nitrogen and oxygen atoms in total. The van der Waals surface area contributed by atoms with Crippen molar-refractivity contribution in [3.63, 3.8) is 0 Å². The number of hydrogen-bond donors (Lipinski definition) is 1. The van der Waals surface area contributed by atoms with E-state index in [1.54, 1.807) is 0 Å². The molecule has 1 aromatic rings. The van der Waals surface area contributed by atoms with Gasteiger partial charge in [0.2, 0.25) is 5.91 Å². The molecule has 1 aliphatic carbocycles. The summed E-state index contributed by atoms with van der Waals surface area (Å²) < 4.78 is 7.63. The minimum atomic E-state index is 0.0356. The zero-order chi connectivity index (χ0) is 13.9. The molecule has 1 aliphatic heterocycles. The summed E-state index contributed by atoms with van der Waals surface area (Å²) in [6.07, 6.45) is 4.72. The second kappa shape index (κ2) is 6.13. The third-order valence-electron chi connectivity index (χ3n) is 3.63. The van der Waals surface area contributed by atoms with Crippen LogP contribution in [0.15, 0.2) is 5.16 Å². The molecule has 1 atom stereocenters. The van der Waals surface area contributed by atoms with Crippen LogP contribution >= 0.6 is 11.8 Å². The normalized spacial score (nSPS) is 22.1. The van der Waals surface area contributed by atoms with Crippen molar-refractivity contribution >= 4 is 17.7 Å². The molecule has 0 bridgehead atoms. The van der Waals surface area contributed by atoms with Crippen LogP contribution in [0.3, 0.4) is 0 Å². The molecule has 0 radical (unpaired) electrons. The van der Waals surface area contributed by atoms with E-state index in [0.29, 0.717) is 18.3 Å². The zero-order valence-electron chi connectivity index (χ0n) is 11.7. The van der Waals surface area contributed by atoms with Gasteiger partial charge in [0.15, 0.2) is 5.16 Å². The summed E-state index contributed by atoms with van der Waals surface area (Å²) >= 11 is 1.46. The monoisotopic (exact) mass is 296 g/mol. The lowest BCUT2D eigenvalue weighted by Crippen LogP contribution is -2.32. The van der Waals surface area contributed by atoms with Gasteiger partial charge in [0.25, 0.3) is 0 Å². The van der Waals surface area contributed by atoms with Gasteiger partial charge in [-0.2, -0.15) is 0 Å². The quantitative estimate of drug-likeness (QED) is 0.802. The van der Waals surface area contributed by atoms with E-state index >= 15 is 0 Å². The van der Waals surface area contributed by atoms with Gasteiger partial charge < -0.3 is 14.6 Å². The lowest BCUT2D eigenvalue weighted by molar-refractivity contribution is -0.119. The Hall–Kier alpha value is -1.08. The SMILES string of the molecule is Cc1nnc(SCC(=O)NC[C@H]2CCCO2)n1C1CC1. The molecule has 0 aromatic carbocycles. The minimum absolute atomic E-state index is 0.0356. The number of carbonyl (C=O) groups is 1. The first-order valence-corrected chi connectivity index (χ1v) is 8.15. The van der Waals surface area contributed by atoms with E-state index in [0.717, 1.165) is 30.4 Å². The van der Waals surface area contributed by atoms with Gasteiger partial charge in [-0.3, -0.25) is 4.79 Å². The van der Waals surface area contributed by atoms with Gasteiger partial charge in [-0.25, -0.2) is 0 Å². The van der Waals surface area contributed by atoms with Crippen LogP contribution in [-0.2, 0) is 9.53 Å². The lowest BCUT2D eigenvalue weighted by Gasteiger charge is -2.10. The molecular formula is C13H20N4O2S. The second-order valence-electron chi connectivity index (χ2n) is 5.36. The predicted octanol–water partition coefficient (Wildman–Crippen LogP) is 1.31. The fourth-order valence-electron chi connectivity index (χ4n) is 2.42. The number of amides is 1. The average Bonchev–Trinajstić information content (AvgIpc) is 3.00. The highest BCUT2D eigenvalue weighted by atomic mass is 32.2. The van der Waals surface area contributed by atoms with Crippen LogP contribution in [0, 0.1) is 6.92 Å². The molecule has 0 spiro atoms. The third-order valence-corrected chi connectivity index (χ3v) is 4.57. The van der Waals surface area contributed by atoms with Crippen molar-refractivity contribution in [2.75, 3.05) is 18.9 Å². The minimum Gasteiger partial charge on any atom is -0.376 e. The van der Waals surface area contributed by atoms with Crippen molar-refractivity contribution in [3.05, 3.63) is 5.82 Å². The molecule has 110 valence electrons. The van der Waals surface area contributed by atoms with Gasteiger partial charge in [0.05, 0.1) is 11.9 Å². The highest BCUT2D eigenvalue weighted by Crippen LogP contribution is 2.38. The molecule has 1 aromatic heterocycles. The van der Waals surface area contributed by atoms with Gasteiger partial charge in [-0.15, -0.1) is 10.2 Å². The van der Waals surface area contributed by atoms with Crippen LogP contribution in [0.1, 0.15) is 37.5 Å². The van der Waals surface area contributed by atoms with Crippen molar-refractivity contribution in [1.82, 2.24) is 20.1 Å². The Morgan fingerprint density at radius 2 is 2.30 bits per heavy atom. The Labute approximate surface area is 122 Å². The summed E-state index contributed by atoms with van der Waals surface area (Å²) in [6, 6.07) is 0.544. The largest absolute Gasteiger partial charge is 0.376 e. The second-order valence-corrected chi connectivity index (χ2v) is 6.30. The number of carbonyl (C=O) groups excluding carboxylic acids is 1. The molecule has 2 aliphatic rings. The van der Waals surface area contributed by atoms with Gasteiger partial charge in [-0.1, -0.05) is 11.8 Å². The van der Waals surface area contributed by atoms with E-state index in [9.17, 15) is 4.79 Å². The van der Waals surface area contributed by atoms with Gasteiger partial charge in [-0.05, 0) is 32.6 Å². The van der Waals surface area contributed by atoms with Crippen molar-refractivity contribution in [1.29, 1.82) is 0 Å². The summed E-state index contributed by atoms with van der Waals surface area (Å²) in [5.41, 5.74) is 0. The van der Waals surface area contributed by atoms with Crippen LogP contribution < -0.4 is 5.32 Å². The number of ether oxygens (including phenoxy) is 1. The highest BCUT2D eigenvalue weighted by Gasteiger charge is 2.28. The van der Waals surface area contributed by atoms with E-state index in [1.165, 1.54) is 24.6 Å². The standard InChI is InChI=1S/C13H20N4O2S/c1-9-15-16-13(17(9)10-4-5-10)20-8-12(18)14-7-11-3-2-6-19-11/h10-11H,2-8H2,1H3,(H,14,18)/t11-/m1/s1. The topological polar surface area (TPSA) is 69.0 Å². The maximum absolute atomic E-state index is 11.8. The number of aromatic nitrogens is 3. The molecule has 20 heavy (non-hydrogen) atoms. The van der Waals surface area contributed by atoms with Crippen LogP contribution in [0.25, 0.3) is 0 Å². The van der Waals surface area contributed by atoms with E-state index in [1.807, 2.05) is 6.92 Å². The molecule has 2 heterocycles.